The molecular formula is C14H18N2S. The topological polar surface area (TPSA) is 24.4 Å². The molecule has 90 valence electrons. The normalized spacial score (nSPS) is 28.1. The monoisotopic (exact) mass is 246 g/mol. The minimum atomic E-state index is 0.437. The molecule has 1 saturated carbocycles. The molecule has 3 rings (SSSR count). The van der Waals surface area contributed by atoms with Gasteiger partial charge in [0.1, 0.15) is 0 Å². The number of hydrogen-bond donors (Lipinski definition) is 1. The highest BCUT2D eigenvalue weighted by atomic mass is 32.2. The highest BCUT2D eigenvalue weighted by Crippen LogP contribution is 2.45. The van der Waals surface area contributed by atoms with Crippen LogP contribution in [0.3, 0.4) is 0 Å². The number of amidine groups is 1. The molecule has 1 saturated heterocycles. The molecule has 3 heteroatoms. The Hall–Kier alpha value is -0.960. The molecule has 2 fully saturated rings. The lowest BCUT2D eigenvalue weighted by Gasteiger charge is -2.10. The standard InChI is InChI=1S/C14H18N2S/c1-14(7-8-14)10-15-13-16-12(9-17-13)11-5-3-2-4-6-11/h2-6,12H,7-10H2,1H3,(H,15,16). The summed E-state index contributed by atoms with van der Waals surface area (Å²) in [6.45, 7) is 3.31. The molecular weight excluding hydrogens is 228 g/mol. The molecule has 1 aliphatic carbocycles. The quantitative estimate of drug-likeness (QED) is 0.885. The van der Waals surface area contributed by atoms with E-state index in [-0.39, 0.29) is 0 Å². The van der Waals surface area contributed by atoms with E-state index in [1.54, 1.807) is 0 Å². The van der Waals surface area contributed by atoms with Crippen molar-refractivity contribution in [3.05, 3.63) is 35.9 Å². The Kier molecular flexibility index (Phi) is 2.87. The Morgan fingerprint density at radius 1 is 1.35 bits per heavy atom. The smallest absolute Gasteiger partial charge is 0.157 e. The van der Waals surface area contributed by atoms with E-state index in [1.807, 2.05) is 11.8 Å². The fourth-order valence-corrected chi connectivity index (χ4v) is 2.97. The maximum absolute atomic E-state index is 4.70. The van der Waals surface area contributed by atoms with Crippen LogP contribution in [0.4, 0.5) is 0 Å². The largest absolute Gasteiger partial charge is 0.357 e. The van der Waals surface area contributed by atoms with Crippen molar-refractivity contribution >= 4 is 16.9 Å². The van der Waals surface area contributed by atoms with E-state index in [2.05, 4.69) is 42.6 Å². The van der Waals surface area contributed by atoms with Crippen molar-refractivity contribution < 1.29 is 0 Å². The first-order valence-electron chi connectivity index (χ1n) is 6.24. The Bertz CT molecular complexity index is 423. The second-order valence-electron chi connectivity index (χ2n) is 5.35. The maximum atomic E-state index is 4.70. The molecule has 1 N–H and O–H groups in total. The molecule has 0 spiro atoms. The fraction of sp³-hybridized carbons (Fsp3) is 0.500. The second-order valence-corrected chi connectivity index (χ2v) is 6.36. The van der Waals surface area contributed by atoms with E-state index in [0.717, 1.165) is 17.5 Å². The molecule has 2 aliphatic rings. The van der Waals surface area contributed by atoms with Gasteiger partial charge >= 0.3 is 0 Å². The van der Waals surface area contributed by atoms with Crippen LogP contribution in [0, 0.1) is 5.41 Å². The third-order valence-corrected chi connectivity index (χ3v) is 4.61. The van der Waals surface area contributed by atoms with Crippen molar-refractivity contribution in [2.75, 3.05) is 12.3 Å². The van der Waals surface area contributed by atoms with Crippen molar-refractivity contribution in [2.45, 2.75) is 25.8 Å². The van der Waals surface area contributed by atoms with Crippen LogP contribution in [0.2, 0.25) is 0 Å². The zero-order valence-corrected chi connectivity index (χ0v) is 11.0. The van der Waals surface area contributed by atoms with Gasteiger partial charge in [-0.05, 0) is 23.8 Å². The molecule has 2 nitrogen and oxygen atoms in total. The van der Waals surface area contributed by atoms with Gasteiger partial charge in [-0.15, -0.1) is 0 Å². The maximum Gasteiger partial charge on any atom is 0.157 e. The van der Waals surface area contributed by atoms with Crippen LogP contribution in [0.15, 0.2) is 35.3 Å². The Morgan fingerprint density at radius 2 is 2.12 bits per heavy atom. The summed E-state index contributed by atoms with van der Waals surface area (Å²) < 4.78 is 0. The number of hydrogen-bond acceptors (Lipinski definition) is 2. The molecule has 1 aromatic carbocycles. The van der Waals surface area contributed by atoms with Crippen LogP contribution in [-0.2, 0) is 0 Å². The third kappa shape index (κ3) is 2.65. The molecule has 17 heavy (non-hydrogen) atoms. The highest BCUT2D eigenvalue weighted by molar-refractivity contribution is 8.14. The van der Waals surface area contributed by atoms with E-state index in [4.69, 9.17) is 4.99 Å². The number of thioether (sulfide) groups is 1. The molecule has 0 aromatic heterocycles. The fourth-order valence-electron chi connectivity index (χ4n) is 1.99. The molecule has 1 aliphatic heterocycles. The average molecular weight is 246 g/mol. The zero-order valence-electron chi connectivity index (χ0n) is 10.1. The van der Waals surface area contributed by atoms with Gasteiger partial charge in [0.05, 0.1) is 6.04 Å². The predicted octanol–water partition coefficient (Wildman–Crippen LogP) is 3.22. The van der Waals surface area contributed by atoms with E-state index in [9.17, 15) is 0 Å². The lowest BCUT2D eigenvalue weighted by atomic mass is 10.1. The van der Waals surface area contributed by atoms with Gasteiger partial charge in [0.15, 0.2) is 5.17 Å². The van der Waals surface area contributed by atoms with Crippen molar-refractivity contribution in [3.8, 4) is 0 Å². The molecule has 1 heterocycles. The van der Waals surface area contributed by atoms with Crippen LogP contribution >= 0.6 is 11.8 Å². The first-order valence-corrected chi connectivity index (χ1v) is 7.23. The van der Waals surface area contributed by atoms with Crippen LogP contribution in [0.25, 0.3) is 0 Å². The van der Waals surface area contributed by atoms with Gasteiger partial charge in [-0.3, -0.25) is 4.99 Å². The Balaban J connectivity index is 1.62. The number of nitrogens with zero attached hydrogens (tertiary/aromatic N) is 1. The van der Waals surface area contributed by atoms with E-state index < -0.39 is 0 Å². The predicted molar refractivity (Wildman–Crippen MR) is 74.4 cm³/mol. The number of rotatable bonds is 3. The SMILES string of the molecule is CC1(CN=C2NC(c3ccccc3)CS2)CC1. The molecule has 1 unspecified atom stereocenters. The summed E-state index contributed by atoms with van der Waals surface area (Å²) in [5.74, 6) is 1.10. The highest BCUT2D eigenvalue weighted by Gasteiger charge is 2.37. The van der Waals surface area contributed by atoms with Crippen molar-refractivity contribution in [1.82, 2.24) is 5.32 Å². The second kappa shape index (κ2) is 4.37. The van der Waals surface area contributed by atoms with E-state index in [0.29, 0.717) is 11.5 Å². The summed E-state index contributed by atoms with van der Waals surface area (Å²) in [6.07, 6.45) is 2.69. The minimum absolute atomic E-state index is 0.437. The number of aliphatic imine (C=N–C) groups is 1. The summed E-state index contributed by atoms with van der Waals surface area (Å²) in [6, 6.07) is 11.1. The van der Waals surface area contributed by atoms with E-state index >= 15 is 0 Å². The van der Waals surface area contributed by atoms with Gasteiger partial charge in [0.2, 0.25) is 0 Å². The summed E-state index contributed by atoms with van der Waals surface area (Å²) >= 11 is 1.85. The van der Waals surface area contributed by atoms with Gasteiger partial charge < -0.3 is 5.32 Å². The molecule has 0 bridgehead atoms. The molecule has 1 aromatic rings. The summed E-state index contributed by atoms with van der Waals surface area (Å²) in [4.78, 5) is 4.70. The molecule has 0 radical (unpaired) electrons. The van der Waals surface area contributed by atoms with Crippen molar-refractivity contribution in [2.24, 2.45) is 10.4 Å². The zero-order chi connectivity index (χ0) is 11.7. The van der Waals surface area contributed by atoms with Gasteiger partial charge in [-0.25, -0.2) is 0 Å². The minimum Gasteiger partial charge on any atom is -0.357 e. The Morgan fingerprint density at radius 3 is 2.82 bits per heavy atom. The van der Waals surface area contributed by atoms with Crippen molar-refractivity contribution in [1.29, 1.82) is 0 Å². The lowest BCUT2D eigenvalue weighted by molar-refractivity contribution is 0.588. The Labute approximate surface area is 107 Å². The summed E-state index contributed by atoms with van der Waals surface area (Å²) in [5.41, 5.74) is 1.88. The van der Waals surface area contributed by atoms with Gasteiger partial charge in [0, 0.05) is 12.3 Å². The van der Waals surface area contributed by atoms with Gasteiger partial charge in [-0.1, -0.05) is 49.0 Å². The number of nitrogens with one attached hydrogen (secondary N) is 1. The third-order valence-electron chi connectivity index (χ3n) is 3.59. The molecule has 1 atom stereocenters. The first kappa shape index (κ1) is 11.1. The van der Waals surface area contributed by atoms with Gasteiger partial charge in [-0.2, -0.15) is 0 Å². The van der Waals surface area contributed by atoms with E-state index in [1.165, 1.54) is 18.4 Å². The van der Waals surface area contributed by atoms with Crippen LogP contribution in [0.1, 0.15) is 31.4 Å². The van der Waals surface area contributed by atoms with Gasteiger partial charge in [0.25, 0.3) is 0 Å². The summed E-state index contributed by atoms with van der Waals surface area (Å²) in [7, 11) is 0. The number of benzene rings is 1. The van der Waals surface area contributed by atoms with Crippen LogP contribution < -0.4 is 5.32 Å². The lowest BCUT2D eigenvalue weighted by Crippen LogP contribution is -2.20. The molecule has 0 amide bonds. The van der Waals surface area contributed by atoms with Crippen LogP contribution in [-0.4, -0.2) is 17.5 Å². The van der Waals surface area contributed by atoms with Crippen LogP contribution in [0.5, 0.6) is 0 Å². The van der Waals surface area contributed by atoms with Crippen molar-refractivity contribution in [3.63, 3.8) is 0 Å². The first-order chi connectivity index (χ1) is 8.25. The average Bonchev–Trinajstić information content (AvgIpc) is 2.93. The summed E-state index contributed by atoms with van der Waals surface area (Å²) in [5, 5.41) is 4.65.